The molecule has 0 bridgehead atoms. The Hall–Kier alpha value is -2.25. The lowest BCUT2D eigenvalue weighted by molar-refractivity contribution is -0.116. The van der Waals surface area contributed by atoms with Crippen molar-refractivity contribution >= 4 is 21.6 Å². The average Bonchev–Trinajstić information content (AvgIpc) is 2.55. The molecule has 1 aromatic carbocycles. The summed E-state index contributed by atoms with van der Waals surface area (Å²) in [4.78, 5) is 16.2. The maximum absolute atomic E-state index is 12.2. The van der Waals surface area contributed by atoms with Crippen molar-refractivity contribution in [2.45, 2.75) is 26.8 Å². The zero-order valence-electron chi connectivity index (χ0n) is 14.7. The summed E-state index contributed by atoms with van der Waals surface area (Å²) in [5, 5.41) is 2.85. The van der Waals surface area contributed by atoms with Gasteiger partial charge in [-0.2, -0.15) is 4.31 Å². The average molecular weight is 361 g/mol. The lowest BCUT2D eigenvalue weighted by Gasteiger charge is -2.19. The summed E-state index contributed by atoms with van der Waals surface area (Å²) in [5.41, 5.74) is 3.55. The van der Waals surface area contributed by atoms with E-state index < -0.39 is 10.0 Å². The van der Waals surface area contributed by atoms with Gasteiger partial charge in [-0.25, -0.2) is 8.42 Å². The fourth-order valence-electron chi connectivity index (χ4n) is 2.37. The van der Waals surface area contributed by atoms with Crippen LogP contribution < -0.4 is 5.32 Å². The second-order valence-corrected chi connectivity index (χ2v) is 8.06. The van der Waals surface area contributed by atoms with Gasteiger partial charge in [0.15, 0.2) is 0 Å². The summed E-state index contributed by atoms with van der Waals surface area (Å²) < 4.78 is 25.2. The smallest absolute Gasteiger partial charge is 0.225 e. The standard InChI is InChI=1S/C18H23N3O3S/c1-14-6-7-15(2)17(11-14)20-18(22)8-10-21(25(3,23)24)13-16-5-4-9-19-12-16/h4-7,9,11-12H,8,10,13H2,1-3H3,(H,20,22). The highest BCUT2D eigenvalue weighted by Crippen LogP contribution is 2.17. The number of aromatic nitrogens is 1. The Bertz CT molecular complexity index is 836. The van der Waals surface area contributed by atoms with Crippen molar-refractivity contribution in [1.29, 1.82) is 0 Å². The van der Waals surface area contributed by atoms with E-state index >= 15 is 0 Å². The molecule has 7 heteroatoms. The maximum atomic E-state index is 12.2. The molecule has 0 fully saturated rings. The molecule has 1 amide bonds. The molecule has 0 spiro atoms. The number of amides is 1. The molecule has 0 saturated heterocycles. The Kier molecular flexibility index (Phi) is 6.27. The number of hydrogen-bond acceptors (Lipinski definition) is 4. The fraction of sp³-hybridized carbons (Fsp3) is 0.333. The fourth-order valence-corrected chi connectivity index (χ4v) is 3.17. The molecule has 2 aromatic rings. The van der Waals surface area contributed by atoms with Gasteiger partial charge in [0.05, 0.1) is 6.26 Å². The lowest BCUT2D eigenvalue weighted by Crippen LogP contribution is -2.32. The minimum absolute atomic E-state index is 0.0840. The highest BCUT2D eigenvalue weighted by atomic mass is 32.2. The number of sulfonamides is 1. The second-order valence-electron chi connectivity index (χ2n) is 6.07. The van der Waals surface area contributed by atoms with Gasteiger partial charge in [-0.05, 0) is 42.7 Å². The van der Waals surface area contributed by atoms with Crippen molar-refractivity contribution in [1.82, 2.24) is 9.29 Å². The van der Waals surface area contributed by atoms with Crippen LogP contribution in [0.5, 0.6) is 0 Å². The van der Waals surface area contributed by atoms with E-state index in [9.17, 15) is 13.2 Å². The Morgan fingerprint density at radius 1 is 1.24 bits per heavy atom. The van der Waals surface area contributed by atoms with E-state index in [0.29, 0.717) is 0 Å². The molecule has 25 heavy (non-hydrogen) atoms. The highest BCUT2D eigenvalue weighted by Gasteiger charge is 2.18. The number of hydrogen-bond donors (Lipinski definition) is 1. The summed E-state index contributed by atoms with van der Waals surface area (Å²) in [7, 11) is -3.42. The van der Waals surface area contributed by atoms with Crippen LogP contribution in [-0.4, -0.2) is 36.4 Å². The molecular formula is C18H23N3O3S. The summed E-state index contributed by atoms with van der Waals surface area (Å²) in [5.74, 6) is -0.214. The number of pyridine rings is 1. The quantitative estimate of drug-likeness (QED) is 0.822. The van der Waals surface area contributed by atoms with Crippen LogP contribution in [0.3, 0.4) is 0 Å². The number of nitrogens with one attached hydrogen (secondary N) is 1. The number of benzene rings is 1. The van der Waals surface area contributed by atoms with Crippen LogP contribution in [0.1, 0.15) is 23.1 Å². The largest absolute Gasteiger partial charge is 0.326 e. The molecule has 0 saturated carbocycles. The van der Waals surface area contributed by atoms with Crippen LogP contribution in [-0.2, 0) is 21.4 Å². The Balaban J connectivity index is 2.00. The molecule has 1 N–H and O–H groups in total. The van der Waals surface area contributed by atoms with E-state index in [4.69, 9.17) is 0 Å². The van der Waals surface area contributed by atoms with E-state index in [1.54, 1.807) is 24.5 Å². The van der Waals surface area contributed by atoms with Gasteiger partial charge < -0.3 is 5.32 Å². The number of carbonyl (C=O) groups is 1. The SMILES string of the molecule is Cc1ccc(C)c(NC(=O)CCN(Cc2cccnc2)S(C)(=O)=O)c1. The number of nitrogens with zero attached hydrogens (tertiary/aromatic N) is 2. The van der Waals surface area contributed by atoms with E-state index in [1.807, 2.05) is 32.0 Å². The number of anilines is 1. The summed E-state index contributed by atoms with van der Waals surface area (Å²) in [6, 6.07) is 9.38. The number of carbonyl (C=O) groups excluding carboxylic acids is 1. The molecule has 1 heterocycles. The molecule has 1 aromatic heterocycles. The van der Waals surface area contributed by atoms with Gasteiger partial charge in [-0.3, -0.25) is 9.78 Å². The first-order valence-corrected chi connectivity index (χ1v) is 9.81. The third-order valence-corrected chi connectivity index (χ3v) is 5.06. The topological polar surface area (TPSA) is 79.4 Å². The summed E-state index contributed by atoms with van der Waals surface area (Å²) in [6.07, 6.45) is 4.48. The van der Waals surface area contributed by atoms with Crippen LogP contribution >= 0.6 is 0 Å². The third kappa shape index (κ3) is 5.95. The van der Waals surface area contributed by atoms with Gasteiger partial charge in [-0.15, -0.1) is 0 Å². The minimum atomic E-state index is -3.42. The van der Waals surface area contributed by atoms with Crippen LogP contribution in [0, 0.1) is 13.8 Å². The first kappa shape index (κ1) is 19.1. The van der Waals surface area contributed by atoms with Gasteiger partial charge in [-0.1, -0.05) is 18.2 Å². The molecule has 0 radical (unpaired) electrons. The van der Waals surface area contributed by atoms with Crippen LogP contribution in [0.4, 0.5) is 5.69 Å². The predicted molar refractivity (Wildman–Crippen MR) is 98.7 cm³/mol. The molecular weight excluding hydrogens is 338 g/mol. The lowest BCUT2D eigenvalue weighted by atomic mass is 10.1. The molecule has 2 rings (SSSR count). The van der Waals surface area contributed by atoms with Crippen molar-refractivity contribution in [3.05, 3.63) is 59.4 Å². The van der Waals surface area contributed by atoms with Gasteiger partial charge in [0.25, 0.3) is 0 Å². The van der Waals surface area contributed by atoms with E-state index in [-0.39, 0.29) is 25.4 Å². The zero-order chi connectivity index (χ0) is 18.4. The first-order chi connectivity index (χ1) is 11.8. The van der Waals surface area contributed by atoms with Gasteiger partial charge >= 0.3 is 0 Å². The van der Waals surface area contributed by atoms with E-state index in [1.165, 1.54) is 4.31 Å². The van der Waals surface area contributed by atoms with Gasteiger partial charge in [0.1, 0.15) is 0 Å². The molecule has 6 nitrogen and oxygen atoms in total. The molecule has 0 aliphatic rings. The van der Waals surface area contributed by atoms with Crippen molar-refractivity contribution < 1.29 is 13.2 Å². The van der Waals surface area contributed by atoms with Gasteiger partial charge in [0, 0.05) is 37.6 Å². The third-order valence-electron chi connectivity index (χ3n) is 3.81. The van der Waals surface area contributed by atoms with Crippen molar-refractivity contribution in [2.75, 3.05) is 18.1 Å². The molecule has 0 atom stereocenters. The Labute approximate surface area is 148 Å². The van der Waals surface area contributed by atoms with Crippen molar-refractivity contribution in [2.24, 2.45) is 0 Å². The van der Waals surface area contributed by atoms with Gasteiger partial charge in [0.2, 0.25) is 15.9 Å². The first-order valence-electron chi connectivity index (χ1n) is 7.97. The monoisotopic (exact) mass is 361 g/mol. The molecule has 0 unspecified atom stereocenters. The molecule has 0 aliphatic carbocycles. The Morgan fingerprint density at radius 3 is 2.64 bits per heavy atom. The van der Waals surface area contributed by atoms with E-state index in [2.05, 4.69) is 10.3 Å². The predicted octanol–water partition coefficient (Wildman–Crippen LogP) is 2.49. The van der Waals surface area contributed by atoms with Crippen molar-refractivity contribution in [3.8, 4) is 0 Å². The normalized spacial score (nSPS) is 11.5. The summed E-state index contributed by atoms with van der Waals surface area (Å²) >= 11 is 0. The second kappa shape index (κ2) is 8.22. The number of aryl methyl sites for hydroxylation is 2. The maximum Gasteiger partial charge on any atom is 0.225 e. The molecule has 0 aliphatic heterocycles. The van der Waals surface area contributed by atoms with Crippen LogP contribution in [0.15, 0.2) is 42.7 Å². The minimum Gasteiger partial charge on any atom is -0.326 e. The zero-order valence-corrected chi connectivity index (χ0v) is 15.5. The van der Waals surface area contributed by atoms with Crippen molar-refractivity contribution in [3.63, 3.8) is 0 Å². The van der Waals surface area contributed by atoms with Crippen LogP contribution in [0.2, 0.25) is 0 Å². The summed E-state index contributed by atoms with van der Waals surface area (Å²) in [6.45, 7) is 4.18. The molecule has 134 valence electrons. The van der Waals surface area contributed by atoms with E-state index in [0.717, 1.165) is 28.6 Å². The Morgan fingerprint density at radius 2 is 2.00 bits per heavy atom. The number of rotatable bonds is 7. The highest BCUT2D eigenvalue weighted by molar-refractivity contribution is 7.88. The van der Waals surface area contributed by atoms with Crippen LogP contribution in [0.25, 0.3) is 0 Å².